The van der Waals surface area contributed by atoms with E-state index in [4.69, 9.17) is 0 Å². The van der Waals surface area contributed by atoms with Crippen molar-refractivity contribution in [1.29, 1.82) is 0 Å². The maximum Gasteiger partial charge on any atom is 0.0194 e. The van der Waals surface area contributed by atoms with Crippen LogP contribution in [0.25, 0.3) is 0 Å². The van der Waals surface area contributed by atoms with Crippen molar-refractivity contribution in [3.63, 3.8) is 0 Å². The molecule has 0 aliphatic carbocycles. The topological polar surface area (TPSA) is 0 Å². The van der Waals surface area contributed by atoms with Gasteiger partial charge in [-0.05, 0) is 12.8 Å². The second-order valence-corrected chi connectivity index (χ2v) is 4.64. The van der Waals surface area contributed by atoms with Crippen molar-refractivity contribution in [1.82, 2.24) is 0 Å². The molecule has 0 amide bonds. The van der Waals surface area contributed by atoms with Gasteiger partial charge in [0.15, 0.2) is 0 Å². The minimum atomic E-state index is 0.873. The van der Waals surface area contributed by atoms with Crippen LogP contribution in [0.2, 0.25) is 0 Å². The fourth-order valence-electron chi connectivity index (χ4n) is 0.715. The summed E-state index contributed by atoms with van der Waals surface area (Å²) in [5, 5.41) is 0.873. The Labute approximate surface area is 58.5 Å². The predicted molar refractivity (Wildman–Crippen MR) is 43.3 cm³/mol. The van der Waals surface area contributed by atoms with Crippen LogP contribution < -0.4 is 0 Å². The standard InChI is InChI=1S/C6H10S2/c1-2-3-6-4-5-7-8-6/h2,6H,1,3-5H2. The van der Waals surface area contributed by atoms with E-state index in [1.165, 1.54) is 18.6 Å². The minimum absolute atomic E-state index is 0.873. The normalized spacial score (nSPS) is 28.2. The van der Waals surface area contributed by atoms with Crippen molar-refractivity contribution in [2.75, 3.05) is 5.75 Å². The first kappa shape index (κ1) is 6.56. The highest BCUT2D eigenvalue weighted by Gasteiger charge is 2.13. The first-order chi connectivity index (χ1) is 3.93. The molecule has 0 N–H and O–H groups in total. The molecule has 1 aliphatic rings. The molecule has 8 heavy (non-hydrogen) atoms. The highest BCUT2D eigenvalue weighted by molar-refractivity contribution is 8.77. The molecule has 1 fully saturated rings. The van der Waals surface area contributed by atoms with Gasteiger partial charge in [-0.15, -0.1) is 6.58 Å². The monoisotopic (exact) mass is 146 g/mol. The molecule has 1 rings (SSSR count). The predicted octanol–water partition coefficient (Wildman–Crippen LogP) is 2.72. The molecule has 2 heteroatoms. The van der Waals surface area contributed by atoms with Gasteiger partial charge in [0.05, 0.1) is 0 Å². The molecule has 0 radical (unpaired) electrons. The van der Waals surface area contributed by atoms with Crippen LogP contribution in [0.4, 0.5) is 0 Å². The maximum absolute atomic E-state index is 3.70. The lowest BCUT2D eigenvalue weighted by Gasteiger charge is -1.98. The van der Waals surface area contributed by atoms with Gasteiger partial charge in [-0.1, -0.05) is 27.7 Å². The Hall–Kier alpha value is 0.440. The summed E-state index contributed by atoms with van der Waals surface area (Å²) < 4.78 is 0. The molecule has 1 unspecified atom stereocenters. The van der Waals surface area contributed by atoms with Crippen molar-refractivity contribution < 1.29 is 0 Å². The summed E-state index contributed by atoms with van der Waals surface area (Å²) in [6, 6.07) is 0. The SMILES string of the molecule is C=CCC1CCSS1. The van der Waals surface area contributed by atoms with Gasteiger partial charge in [0, 0.05) is 11.0 Å². The smallest absolute Gasteiger partial charge is 0.0194 e. The summed E-state index contributed by atoms with van der Waals surface area (Å²) in [6.45, 7) is 3.70. The van der Waals surface area contributed by atoms with Crippen molar-refractivity contribution >= 4 is 21.6 Å². The molecule has 1 saturated heterocycles. The van der Waals surface area contributed by atoms with E-state index < -0.39 is 0 Å². The summed E-state index contributed by atoms with van der Waals surface area (Å²) in [7, 11) is 4.00. The van der Waals surface area contributed by atoms with E-state index >= 15 is 0 Å². The number of allylic oxidation sites excluding steroid dienone is 1. The third kappa shape index (κ3) is 1.75. The Bertz CT molecular complexity index is 74.6. The van der Waals surface area contributed by atoms with Crippen LogP contribution in [-0.2, 0) is 0 Å². The second-order valence-electron chi connectivity index (χ2n) is 1.85. The first-order valence-corrected chi connectivity index (χ1v) is 5.21. The number of hydrogen-bond acceptors (Lipinski definition) is 2. The van der Waals surface area contributed by atoms with Gasteiger partial charge in [0.25, 0.3) is 0 Å². The second kappa shape index (κ2) is 3.46. The quantitative estimate of drug-likeness (QED) is 0.434. The fourth-order valence-corrected chi connectivity index (χ4v) is 3.64. The van der Waals surface area contributed by atoms with Crippen molar-refractivity contribution in [3.8, 4) is 0 Å². The first-order valence-electron chi connectivity index (χ1n) is 2.82. The van der Waals surface area contributed by atoms with E-state index in [1.807, 2.05) is 27.7 Å². The van der Waals surface area contributed by atoms with Gasteiger partial charge in [-0.25, -0.2) is 0 Å². The van der Waals surface area contributed by atoms with E-state index in [0.717, 1.165) is 5.25 Å². The highest BCUT2D eigenvalue weighted by Crippen LogP contribution is 2.39. The van der Waals surface area contributed by atoms with Gasteiger partial charge in [-0.3, -0.25) is 0 Å². The average Bonchev–Trinajstić information content (AvgIpc) is 2.19. The lowest BCUT2D eigenvalue weighted by Crippen LogP contribution is -1.92. The summed E-state index contributed by atoms with van der Waals surface area (Å²) >= 11 is 0. The molecule has 1 atom stereocenters. The van der Waals surface area contributed by atoms with Gasteiger partial charge < -0.3 is 0 Å². The molecule has 1 heterocycles. The number of rotatable bonds is 2. The Morgan fingerprint density at radius 3 is 3.12 bits per heavy atom. The third-order valence-electron chi connectivity index (χ3n) is 1.16. The van der Waals surface area contributed by atoms with Crippen molar-refractivity contribution in [2.45, 2.75) is 18.1 Å². The van der Waals surface area contributed by atoms with Gasteiger partial charge in [-0.2, -0.15) is 0 Å². The largest absolute Gasteiger partial charge is 0.103 e. The van der Waals surface area contributed by atoms with Gasteiger partial charge >= 0.3 is 0 Å². The molecular formula is C6H10S2. The van der Waals surface area contributed by atoms with Gasteiger partial charge in [0.2, 0.25) is 0 Å². The van der Waals surface area contributed by atoms with E-state index in [1.54, 1.807) is 0 Å². The summed E-state index contributed by atoms with van der Waals surface area (Å²) in [5.74, 6) is 1.34. The molecule has 0 aromatic rings. The van der Waals surface area contributed by atoms with E-state index in [2.05, 4.69) is 6.58 Å². The van der Waals surface area contributed by atoms with Crippen LogP contribution in [0.1, 0.15) is 12.8 Å². The maximum atomic E-state index is 3.70. The molecule has 0 bridgehead atoms. The summed E-state index contributed by atoms with van der Waals surface area (Å²) in [6.07, 6.45) is 4.59. The van der Waals surface area contributed by atoms with Crippen LogP contribution in [0, 0.1) is 0 Å². The number of hydrogen-bond donors (Lipinski definition) is 0. The molecule has 0 nitrogen and oxygen atoms in total. The fraction of sp³-hybridized carbons (Fsp3) is 0.667. The zero-order chi connectivity index (χ0) is 5.82. The van der Waals surface area contributed by atoms with E-state index in [0.29, 0.717) is 0 Å². The lowest BCUT2D eigenvalue weighted by molar-refractivity contribution is 0.860. The Morgan fingerprint density at radius 2 is 2.62 bits per heavy atom. The van der Waals surface area contributed by atoms with Gasteiger partial charge in [0.1, 0.15) is 0 Å². The molecule has 0 saturated carbocycles. The van der Waals surface area contributed by atoms with Crippen molar-refractivity contribution in [3.05, 3.63) is 12.7 Å². The average molecular weight is 146 g/mol. The third-order valence-corrected chi connectivity index (χ3v) is 4.12. The summed E-state index contributed by atoms with van der Waals surface area (Å²) in [4.78, 5) is 0. The molecule has 0 aromatic carbocycles. The van der Waals surface area contributed by atoms with Crippen molar-refractivity contribution in [2.24, 2.45) is 0 Å². The van der Waals surface area contributed by atoms with Crippen LogP contribution in [-0.4, -0.2) is 11.0 Å². The Balaban J connectivity index is 2.14. The Kier molecular flexibility index (Phi) is 2.84. The zero-order valence-electron chi connectivity index (χ0n) is 4.80. The Morgan fingerprint density at radius 1 is 1.75 bits per heavy atom. The van der Waals surface area contributed by atoms with E-state index in [-0.39, 0.29) is 0 Å². The molecule has 0 spiro atoms. The zero-order valence-corrected chi connectivity index (χ0v) is 6.43. The lowest BCUT2D eigenvalue weighted by atomic mass is 10.2. The summed E-state index contributed by atoms with van der Waals surface area (Å²) in [5.41, 5.74) is 0. The van der Waals surface area contributed by atoms with Crippen LogP contribution >= 0.6 is 21.6 Å². The molecule has 0 aromatic heterocycles. The molecular weight excluding hydrogens is 136 g/mol. The van der Waals surface area contributed by atoms with Crippen LogP contribution in [0.15, 0.2) is 12.7 Å². The molecule has 1 aliphatic heterocycles. The minimum Gasteiger partial charge on any atom is -0.103 e. The van der Waals surface area contributed by atoms with Crippen LogP contribution in [0.5, 0.6) is 0 Å². The van der Waals surface area contributed by atoms with Crippen LogP contribution in [0.3, 0.4) is 0 Å². The highest BCUT2D eigenvalue weighted by atomic mass is 33.1. The molecule has 46 valence electrons. The van der Waals surface area contributed by atoms with E-state index in [9.17, 15) is 0 Å².